The van der Waals surface area contributed by atoms with Gasteiger partial charge in [-0.2, -0.15) is 0 Å². The molecule has 1 aliphatic heterocycles. The van der Waals surface area contributed by atoms with Crippen LogP contribution in [0.4, 0.5) is 4.79 Å². The Kier molecular flexibility index (Phi) is 7.13. The van der Waals surface area contributed by atoms with E-state index in [0.29, 0.717) is 22.8 Å². The minimum atomic E-state index is -0.588. The van der Waals surface area contributed by atoms with E-state index in [-0.39, 0.29) is 19.2 Å². The fourth-order valence-corrected chi connectivity index (χ4v) is 3.68. The molecule has 2 amide bonds. The fraction of sp³-hybridized carbons (Fsp3) is 0.304. The number of amides is 2. The van der Waals surface area contributed by atoms with Crippen molar-refractivity contribution < 1.29 is 14.3 Å². The van der Waals surface area contributed by atoms with E-state index in [4.69, 9.17) is 16.3 Å². The lowest BCUT2D eigenvalue weighted by atomic mass is 9.91. The molecule has 6 nitrogen and oxygen atoms in total. The number of halogens is 1. The molecular weight excluding hydrogens is 402 g/mol. The second-order valence-corrected chi connectivity index (χ2v) is 7.61. The topological polar surface area (TPSA) is 79.5 Å². The van der Waals surface area contributed by atoms with E-state index in [1.165, 1.54) is 0 Å². The van der Waals surface area contributed by atoms with Crippen LogP contribution in [-0.2, 0) is 16.1 Å². The highest BCUT2D eigenvalue weighted by Crippen LogP contribution is 2.30. The molecule has 0 aromatic heterocycles. The van der Waals surface area contributed by atoms with Gasteiger partial charge < -0.3 is 20.7 Å². The monoisotopic (exact) mass is 427 g/mol. The molecule has 0 aliphatic carbocycles. The van der Waals surface area contributed by atoms with E-state index in [1.54, 1.807) is 6.92 Å². The van der Waals surface area contributed by atoms with Crippen LogP contribution in [0.1, 0.15) is 35.2 Å². The van der Waals surface area contributed by atoms with Crippen LogP contribution in [-0.4, -0.2) is 25.2 Å². The number of benzene rings is 2. The molecule has 0 spiro atoms. The van der Waals surface area contributed by atoms with Crippen molar-refractivity contribution in [3.63, 3.8) is 0 Å². The molecule has 0 unspecified atom stereocenters. The first kappa shape index (κ1) is 21.9. The maximum absolute atomic E-state index is 12.9. The van der Waals surface area contributed by atoms with Gasteiger partial charge in [0.05, 0.1) is 18.2 Å². The third-order valence-electron chi connectivity index (χ3n) is 4.97. The fourth-order valence-electron chi connectivity index (χ4n) is 3.48. The molecule has 1 heterocycles. The van der Waals surface area contributed by atoms with Crippen molar-refractivity contribution in [1.82, 2.24) is 16.0 Å². The summed E-state index contributed by atoms with van der Waals surface area (Å²) < 4.78 is 5.32. The van der Waals surface area contributed by atoms with E-state index in [9.17, 15) is 9.59 Å². The highest BCUT2D eigenvalue weighted by Gasteiger charge is 2.34. The minimum Gasteiger partial charge on any atom is -0.463 e. The maximum atomic E-state index is 12.9. The van der Waals surface area contributed by atoms with E-state index in [1.807, 2.05) is 56.3 Å². The summed E-state index contributed by atoms with van der Waals surface area (Å²) in [4.78, 5) is 25.3. The Hall–Kier alpha value is -2.83. The van der Waals surface area contributed by atoms with Crippen LogP contribution < -0.4 is 16.0 Å². The van der Waals surface area contributed by atoms with Gasteiger partial charge in [0.1, 0.15) is 0 Å². The average Bonchev–Trinajstić information content (AvgIpc) is 2.71. The Morgan fingerprint density at radius 3 is 2.67 bits per heavy atom. The molecule has 158 valence electrons. The summed E-state index contributed by atoms with van der Waals surface area (Å²) in [7, 11) is 0. The van der Waals surface area contributed by atoms with E-state index in [0.717, 1.165) is 22.3 Å². The van der Waals surface area contributed by atoms with Gasteiger partial charge in [-0.1, -0.05) is 53.6 Å². The lowest BCUT2D eigenvalue weighted by Crippen LogP contribution is -2.48. The van der Waals surface area contributed by atoms with Gasteiger partial charge >= 0.3 is 12.0 Å². The second kappa shape index (κ2) is 9.78. The second-order valence-electron chi connectivity index (χ2n) is 7.20. The summed E-state index contributed by atoms with van der Waals surface area (Å²) in [6.07, 6.45) is 0. The Balaban J connectivity index is 1.94. The molecular formula is C23H26ClN3O3. The standard InChI is InChI=1S/C23H26ClN3O3/c1-4-30-22(28)20-19(13-25-12-16-7-5-6-8-18(16)24)26-23(29)27-21(20)17-11-14(2)9-10-15(17)3/h5-11,21,25H,4,12-13H2,1-3H3,(H2,26,27,29)/t21-/m1/s1. The zero-order valence-corrected chi connectivity index (χ0v) is 18.1. The molecule has 2 aromatic carbocycles. The number of aryl methyl sites for hydroxylation is 2. The summed E-state index contributed by atoms with van der Waals surface area (Å²) >= 11 is 6.22. The number of urea groups is 1. The van der Waals surface area contributed by atoms with Crippen LogP contribution in [0.25, 0.3) is 0 Å². The van der Waals surface area contributed by atoms with Crippen LogP contribution in [0.3, 0.4) is 0 Å². The molecule has 0 bridgehead atoms. The first-order valence-corrected chi connectivity index (χ1v) is 10.3. The SMILES string of the molecule is CCOC(=O)C1=C(CNCc2ccccc2Cl)NC(=O)N[C@@H]1c1cc(C)ccc1C. The Morgan fingerprint density at radius 2 is 1.93 bits per heavy atom. The first-order valence-electron chi connectivity index (χ1n) is 9.89. The zero-order chi connectivity index (χ0) is 21.7. The van der Waals surface area contributed by atoms with Crippen LogP contribution in [0.2, 0.25) is 5.02 Å². The average molecular weight is 428 g/mol. The lowest BCUT2D eigenvalue weighted by molar-refractivity contribution is -0.139. The molecule has 0 saturated heterocycles. The van der Waals surface area contributed by atoms with Crippen LogP contribution in [0.5, 0.6) is 0 Å². The maximum Gasteiger partial charge on any atom is 0.338 e. The van der Waals surface area contributed by atoms with E-state index in [2.05, 4.69) is 16.0 Å². The highest BCUT2D eigenvalue weighted by atomic mass is 35.5. The largest absolute Gasteiger partial charge is 0.463 e. The van der Waals surface area contributed by atoms with Gasteiger partial charge in [0.15, 0.2) is 0 Å². The van der Waals surface area contributed by atoms with Gasteiger partial charge in [0.2, 0.25) is 0 Å². The highest BCUT2D eigenvalue weighted by molar-refractivity contribution is 6.31. The molecule has 0 radical (unpaired) electrons. The first-order chi connectivity index (χ1) is 14.4. The smallest absolute Gasteiger partial charge is 0.338 e. The number of carbonyl (C=O) groups excluding carboxylic acids is 2. The zero-order valence-electron chi connectivity index (χ0n) is 17.3. The predicted octanol–water partition coefficient (Wildman–Crippen LogP) is 3.92. The lowest BCUT2D eigenvalue weighted by Gasteiger charge is -2.30. The number of hydrogen-bond acceptors (Lipinski definition) is 4. The summed E-state index contributed by atoms with van der Waals surface area (Å²) in [5.41, 5.74) is 4.73. The molecule has 3 rings (SSSR count). The third kappa shape index (κ3) is 5.01. The van der Waals surface area contributed by atoms with Gasteiger partial charge in [-0.3, -0.25) is 0 Å². The minimum absolute atomic E-state index is 0.246. The van der Waals surface area contributed by atoms with E-state index >= 15 is 0 Å². The summed E-state index contributed by atoms with van der Waals surface area (Å²) in [6, 6.07) is 12.6. The van der Waals surface area contributed by atoms with E-state index < -0.39 is 12.0 Å². The van der Waals surface area contributed by atoms with Crippen molar-refractivity contribution >= 4 is 23.6 Å². The molecule has 3 N–H and O–H groups in total. The van der Waals surface area contributed by atoms with Gasteiger partial charge in [-0.05, 0) is 43.5 Å². The third-order valence-corrected chi connectivity index (χ3v) is 5.34. The van der Waals surface area contributed by atoms with Crippen molar-refractivity contribution in [3.8, 4) is 0 Å². The summed E-state index contributed by atoms with van der Waals surface area (Å²) in [5, 5.41) is 9.58. The number of hydrogen-bond donors (Lipinski definition) is 3. The molecule has 1 aliphatic rings. The van der Waals surface area contributed by atoms with Crippen LogP contribution in [0, 0.1) is 13.8 Å². The van der Waals surface area contributed by atoms with Crippen LogP contribution >= 0.6 is 11.6 Å². The Morgan fingerprint density at radius 1 is 1.17 bits per heavy atom. The van der Waals surface area contributed by atoms with Gasteiger partial charge in [-0.15, -0.1) is 0 Å². The normalized spacial score (nSPS) is 16.1. The Labute approximate surface area is 181 Å². The molecule has 7 heteroatoms. The molecule has 0 saturated carbocycles. The van der Waals surface area contributed by atoms with Crippen molar-refractivity contribution in [3.05, 3.63) is 81.0 Å². The van der Waals surface area contributed by atoms with Crippen molar-refractivity contribution in [1.29, 1.82) is 0 Å². The quantitative estimate of drug-likeness (QED) is 0.585. The van der Waals surface area contributed by atoms with Crippen LogP contribution in [0.15, 0.2) is 53.7 Å². The van der Waals surface area contributed by atoms with Crippen molar-refractivity contribution in [2.75, 3.05) is 13.2 Å². The van der Waals surface area contributed by atoms with Crippen molar-refractivity contribution in [2.45, 2.75) is 33.4 Å². The summed E-state index contributed by atoms with van der Waals surface area (Å²) in [5.74, 6) is -0.453. The number of nitrogens with one attached hydrogen (secondary N) is 3. The van der Waals surface area contributed by atoms with Crippen molar-refractivity contribution in [2.24, 2.45) is 0 Å². The molecule has 1 atom stereocenters. The number of ether oxygens (including phenoxy) is 1. The predicted molar refractivity (Wildman–Crippen MR) is 117 cm³/mol. The number of rotatable bonds is 7. The molecule has 2 aromatic rings. The van der Waals surface area contributed by atoms with Gasteiger partial charge in [0, 0.05) is 23.8 Å². The number of carbonyl (C=O) groups is 2. The number of esters is 1. The molecule has 30 heavy (non-hydrogen) atoms. The van der Waals surface area contributed by atoms with Gasteiger partial charge in [-0.25, -0.2) is 9.59 Å². The Bertz CT molecular complexity index is 987. The molecule has 0 fully saturated rings. The summed E-state index contributed by atoms with van der Waals surface area (Å²) in [6.45, 7) is 6.73. The van der Waals surface area contributed by atoms with Gasteiger partial charge in [0.25, 0.3) is 0 Å².